The minimum atomic E-state index is -1.23. The van der Waals surface area contributed by atoms with Crippen molar-refractivity contribution in [2.45, 2.75) is 18.9 Å². The fourth-order valence-corrected chi connectivity index (χ4v) is 1.01. The van der Waals surface area contributed by atoms with E-state index in [-0.39, 0.29) is 11.7 Å². The second-order valence-electron chi connectivity index (χ2n) is 2.85. The van der Waals surface area contributed by atoms with Crippen molar-refractivity contribution in [1.29, 1.82) is 0 Å². The standard InChI is InChI=1S/C7H10N2O4/c1-13-7(11)5(8-9-12)6(10)4-2-3-4/h4-5H,2-3H2,1H3,(H,8,12). The molecule has 1 rings (SSSR count). The molecule has 0 aromatic heterocycles. The van der Waals surface area contributed by atoms with Crippen LogP contribution in [-0.2, 0) is 14.3 Å². The summed E-state index contributed by atoms with van der Waals surface area (Å²) in [4.78, 5) is 32.2. The third-order valence-corrected chi connectivity index (χ3v) is 1.88. The molecular weight excluding hydrogens is 176 g/mol. The van der Waals surface area contributed by atoms with Crippen LogP contribution >= 0.6 is 0 Å². The van der Waals surface area contributed by atoms with Gasteiger partial charge >= 0.3 is 5.97 Å². The summed E-state index contributed by atoms with van der Waals surface area (Å²) in [7, 11) is 1.15. The smallest absolute Gasteiger partial charge is 0.337 e. The molecule has 0 aliphatic heterocycles. The largest absolute Gasteiger partial charge is 0.467 e. The zero-order valence-corrected chi connectivity index (χ0v) is 7.15. The summed E-state index contributed by atoms with van der Waals surface area (Å²) in [6, 6.07) is -1.23. The van der Waals surface area contributed by atoms with Gasteiger partial charge in [-0.15, -0.1) is 4.91 Å². The fraction of sp³-hybridized carbons (Fsp3) is 0.714. The maximum atomic E-state index is 11.3. The number of nitroso groups, excluding NO2 is 1. The van der Waals surface area contributed by atoms with E-state index < -0.39 is 12.0 Å². The molecule has 1 saturated carbocycles. The van der Waals surface area contributed by atoms with E-state index in [2.05, 4.69) is 10.0 Å². The van der Waals surface area contributed by atoms with Crippen molar-refractivity contribution in [2.24, 2.45) is 11.2 Å². The number of nitrogens with zero attached hydrogens (tertiary/aromatic N) is 1. The summed E-state index contributed by atoms with van der Waals surface area (Å²) in [5.74, 6) is -1.19. The number of rotatable bonds is 5. The van der Waals surface area contributed by atoms with Gasteiger partial charge in [-0.1, -0.05) is 0 Å². The number of hydrogen-bond donors (Lipinski definition) is 1. The second-order valence-corrected chi connectivity index (χ2v) is 2.85. The zero-order valence-electron chi connectivity index (χ0n) is 7.15. The van der Waals surface area contributed by atoms with E-state index in [1.54, 1.807) is 0 Å². The Morgan fingerprint density at radius 1 is 1.54 bits per heavy atom. The predicted molar refractivity (Wildman–Crippen MR) is 42.5 cm³/mol. The highest BCUT2D eigenvalue weighted by molar-refractivity contribution is 6.04. The van der Waals surface area contributed by atoms with Crippen LogP contribution < -0.4 is 5.43 Å². The molecule has 0 spiro atoms. The van der Waals surface area contributed by atoms with Crippen LogP contribution in [0.1, 0.15) is 12.8 Å². The lowest BCUT2D eigenvalue weighted by Gasteiger charge is -2.09. The predicted octanol–water partition coefficient (Wildman–Crippen LogP) is -0.222. The van der Waals surface area contributed by atoms with E-state index in [1.807, 2.05) is 5.43 Å². The Kier molecular flexibility index (Phi) is 2.94. The maximum absolute atomic E-state index is 11.3. The van der Waals surface area contributed by atoms with Crippen LogP contribution in [0.5, 0.6) is 0 Å². The molecule has 13 heavy (non-hydrogen) atoms. The lowest BCUT2D eigenvalue weighted by Crippen LogP contribution is -2.42. The third-order valence-electron chi connectivity index (χ3n) is 1.88. The van der Waals surface area contributed by atoms with Gasteiger partial charge in [0, 0.05) is 5.92 Å². The monoisotopic (exact) mass is 186 g/mol. The Bertz CT molecular complexity index is 237. The number of nitrogens with one attached hydrogen (secondary N) is 1. The molecule has 1 aliphatic carbocycles. The number of esters is 1. The Morgan fingerprint density at radius 3 is 2.54 bits per heavy atom. The highest BCUT2D eigenvalue weighted by Crippen LogP contribution is 2.31. The molecule has 6 heteroatoms. The summed E-state index contributed by atoms with van der Waals surface area (Å²) in [6.07, 6.45) is 1.54. The van der Waals surface area contributed by atoms with E-state index in [4.69, 9.17) is 0 Å². The van der Waals surface area contributed by atoms with Gasteiger partial charge in [0.25, 0.3) is 0 Å². The van der Waals surface area contributed by atoms with Gasteiger partial charge in [-0.25, -0.2) is 4.79 Å². The number of hydrogen-bond acceptors (Lipinski definition) is 5. The highest BCUT2D eigenvalue weighted by atomic mass is 16.5. The van der Waals surface area contributed by atoms with Crippen molar-refractivity contribution in [2.75, 3.05) is 7.11 Å². The summed E-state index contributed by atoms with van der Waals surface area (Å²) in [5, 5.41) is 2.31. The molecule has 1 fully saturated rings. The number of ether oxygens (including phenoxy) is 1. The molecule has 0 aromatic rings. The van der Waals surface area contributed by atoms with Crippen molar-refractivity contribution in [3.8, 4) is 0 Å². The van der Waals surface area contributed by atoms with Gasteiger partial charge in [0.1, 0.15) is 0 Å². The quantitative estimate of drug-likeness (QED) is 0.277. The lowest BCUT2D eigenvalue weighted by molar-refractivity contribution is -0.146. The normalized spacial score (nSPS) is 17.3. The SMILES string of the molecule is COC(=O)C(NN=O)C(=O)C1CC1. The molecular formula is C7H10N2O4. The van der Waals surface area contributed by atoms with Crippen LogP contribution in [0.3, 0.4) is 0 Å². The van der Waals surface area contributed by atoms with E-state index in [0.29, 0.717) is 0 Å². The van der Waals surface area contributed by atoms with E-state index in [1.165, 1.54) is 0 Å². The molecule has 6 nitrogen and oxygen atoms in total. The van der Waals surface area contributed by atoms with Crippen LogP contribution in [-0.4, -0.2) is 24.9 Å². The van der Waals surface area contributed by atoms with Crippen LogP contribution in [0.15, 0.2) is 5.29 Å². The maximum Gasteiger partial charge on any atom is 0.337 e. The molecule has 1 atom stereocenters. The summed E-state index contributed by atoms with van der Waals surface area (Å²) < 4.78 is 4.34. The molecule has 1 N–H and O–H groups in total. The summed E-state index contributed by atoms with van der Waals surface area (Å²) >= 11 is 0. The van der Waals surface area contributed by atoms with Crippen LogP contribution in [0.25, 0.3) is 0 Å². The molecule has 0 amide bonds. The summed E-state index contributed by atoms with van der Waals surface area (Å²) in [6.45, 7) is 0. The summed E-state index contributed by atoms with van der Waals surface area (Å²) in [5.41, 5.74) is 1.90. The van der Waals surface area contributed by atoms with E-state index in [9.17, 15) is 14.5 Å². The first-order valence-electron chi connectivity index (χ1n) is 3.90. The van der Waals surface area contributed by atoms with Gasteiger partial charge in [0.05, 0.1) is 12.4 Å². The molecule has 0 saturated heterocycles. The first kappa shape index (κ1) is 9.63. The van der Waals surface area contributed by atoms with Crippen molar-refractivity contribution < 1.29 is 14.3 Å². The van der Waals surface area contributed by atoms with Gasteiger partial charge in [0.2, 0.25) is 6.04 Å². The number of methoxy groups -OCH3 is 1. The van der Waals surface area contributed by atoms with Crippen LogP contribution in [0.4, 0.5) is 0 Å². The number of carbonyl (C=O) groups excluding carboxylic acids is 2. The molecule has 1 aliphatic rings. The Labute approximate surface area is 74.6 Å². The van der Waals surface area contributed by atoms with Crippen LogP contribution in [0, 0.1) is 10.8 Å². The number of carbonyl (C=O) groups is 2. The molecule has 0 radical (unpaired) electrons. The molecule has 1 unspecified atom stereocenters. The zero-order chi connectivity index (χ0) is 9.84. The molecule has 0 aromatic carbocycles. The topological polar surface area (TPSA) is 84.8 Å². The number of Topliss-reactive ketones (excluding diaryl/α,β-unsaturated/α-hetero) is 1. The Morgan fingerprint density at radius 2 is 2.15 bits per heavy atom. The van der Waals surface area contributed by atoms with E-state index >= 15 is 0 Å². The first-order valence-corrected chi connectivity index (χ1v) is 3.90. The van der Waals surface area contributed by atoms with Crippen molar-refractivity contribution in [1.82, 2.24) is 5.43 Å². The first-order chi connectivity index (χ1) is 6.20. The van der Waals surface area contributed by atoms with E-state index in [0.717, 1.165) is 20.0 Å². The van der Waals surface area contributed by atoms with Crippen LogP contribution in [0.2, 0.25) is 0 Å². The average molecular weight is 186 g/mol. The fourth-order valence-electron chi connectivity index (χ4n) is 1.01. The van der Waals surface area contributed by atoms with Crippen molar-refractivity contribution >= 4 is 11.8 Å². The second kappa shape index (κ2) is 3.97. The minimum Gasteiger partial charge on any atom is -0.467 e. The van der Waals surface area contributed by atoms with Gasteiger partial charge in [-0.05, 0) is 12.8 Å². The van der Waals surface area contributed by atoms with Gasteiger partial charge in [-0.3, -0.25) is 10.2 Å². The van der Waals surface area contributed by atoms with Crippen molar-refractivity contribution in [3.05, 3.63) is 4.91 Å². The molecule has 0 bridgehead atoms. The average Bonchev–Trinajstić information content (AvgIpc) is 2.95. The van der Waals surface area contributed by atoms with Gasteiger partial charge in [-0.2, -0.15) is 0 Å². The molecule has 72 valence electrons. The van der Waals surface area contributed by atoms with Gasteiger partial charge in [0.15, 0.2) is 5.78 Å². The minimum absolute atomic E-state index is 0.113. The third kappa shape index (κ3) is 2.24. The number of ketones is 1. The molecule has 0 heterocycles. The van der Waals surface area contributed by atoms with Gasteiger partial charge < -0.3 is 4.74 Å². The highest BCUT2D eigenvalue weighted by Gasteiger charge is 2.39. The Balaban J connectivity index is 2.59. The lowest BCUT2D eigenvalue weighted by atomic mass is 10.1. The Hall–Kier alpha value is -1.46. The van der Waals surface area contributed by atoms with Crippen molar-refractivity contribution in [3.63, 3.8) is 0 Å².